The number of rotatable bonds is 7. The van der Waals surface area contributed by atoms with E-state index in [0.29, 0.717) is 18.5 Å². The number of benzene rings is 2. The smallest absolute Gasteiger partial charge is 0.252 e. The van der Waals surface area contributed by atoms with Crippen LogP contribution in [0.25, 0.3) is 32.9 Å². The molecule has 0 radical (unpaired) electrons. The van der Waals surface area contributed by atoms with Crippen LogP contribution in [-0.2, 0) is 6.42 Å². The normalized spacial score (nSPS) is 14.5. The topological polar surface area (TPSA) is 91.7 Å². The van der Waals surface area contributed by atoms with Crippen LogP contribution in [0.5, 0.6) is 0 Å². The molecule has 39 heavy (non-hydrogen) atoms. The molecule has 3 aromatic heterocycles. The van der Waals surface area contributed by atoms with E-state index < -0.39 is 0 Å². The van der Waals surface area contributed by atoms with Gasteiger partial charge in [0.25, 0.3) is 5.91 Å². The Kier molecular flexibility index (Phi) is 6.77. The molecule has 1 saturated heterocycles. The highest BCUT2D eigenvalue weighted by atomic mass is 16.1. The van der Waals surface area contributed by atoms with Gasteiger partial charge in [-0.05, 0) is 68.0 Å². The number of piperidine rings is 1. The number of aromatic amines is 1. The van der Waals surface area contributed by atoms with Gasteiger partial charge < -0.3 is 15.2 Å². The fourth-order valence-corrected chi connectivity index (χ4v) is 5.58. The van der Waals surface area contributed by atoms with Gasteiger partial charge in [0, 0.05) is 66.6 Å². The third-order valence-electron chi connectivity index (χ3n) is 7.86. The summed E-state index contributed by atoms with van der Waals surface area (Å²) in [7, 11) is 0. The Bertz CT molecular complexity index is 1610. The molecule has 8 nitrogen and oxygen atoms in total. The second kappa shape index (κ2) is 10.5. The molecule has 2 N–H and O–H groups in total. The minimum atomic E-state index is -0.106. The van der Waals surface area contributed by atoms with Crippen LogP contribution in [0.4, 0.5) is 5.69 Å². The molecule has 200 valence electrons. The molecule has 0 unspecified atom stereocenters. The summed E-state index contributed by atoms with van der Waals surface area (Å²) in [5.74, 6) is 0.678. The number of pyridine rings is 1. The zero-order chi connectivity index (χ0) is 26.9. The largest absolute Gasteiger partial charge is 0.371 e. The number of H-pyrrole nitrogens is 1. The first-order chi connectivity index (χ1) is 19.0. The zero-order valence-electron chi connectivity index (χ0n) is 22.8. The monoisotopic (exact) mass is 521 g/mol. The molecule has 0 aliphatic carbocycles. The number of carbonyl (C=O) groups excluding carboxylic acids is 1. The lowest BCUT2D eigenvalue weighted by Crippen LogP contribution is -2.32. The Balaban J connectivity index is 1.36. The lowest BCUT2D eigenvalue weighted by molar-refractivity contribution is 0.0955. The van der Waals surface area contributed by atoms with Crippen molar-refractivity contribution in [1.29, 1.82) is 0 Å². The summed E-state index contributed by atoms with van der Waals surface area (Å²) in [6.07, 6.45) is 10.3. The summed E-state index contributed by atoms with van der Waals surface area (Å²) in [5, 5.41) is 9.72. The molecule has 4 heterocycles. The predicted molar refractivity (Wildman–Crippen MR) is 156 cm³/mol. The quantitative estimate of drug-likeness (QED) is 0.284. The lowest BCUT2D eigenvalue weighted by Gasteiger charge is -2.32. The van der Waals surface area contributed by atoms with Crippen LogP contribution >= 0.6 is 0 Å². The molecule has 1 aliphatic heterocycles. The second-order valence-electron chi connectivity index (χ2n) is 11.0. The number of hydrogen-bond donors (Lipinski definition) is 2. The molecule has 1 amide bonds. The van der Waals surface area contributed by atoms with E-state index in [1.54, 1.807) is 18.7 Å². The summed E-state index contributed by atoms with van der Waals surface area (Å²) >= 11 is 0. The highest BCUT2D eigenvalue weighted by molar-refractivity contribution is 6.08. The average molecular weight is 522 g/mol. The van der Waals surface area contributed by atoms with Crippen LogP contribution in [-0.4, -0.2) is 50.3 Å². The van der Waals surface area contributed by atoms with Gasteiger partial charge in [-0.3, -0.25) is 14.5 Å². The van der Waals surface area contributed by atoms with Gasteiger partial charge in [-0.1, -0.05) is 19.1 Å². The van der Waals surface area contributed by atoms with Gasteiger partial charge in [0.05, 0.1) is 29.1 Å². The Morgan fingerprint density at radius 2 is 1.92 bits per heavy atom. The molecule has 0 atom stereocenters. The molecule has 6 rings (SSSR count). The summed E-state index contributed by atoms with van der Waals surface area (Å²) < 4.78 is 1.98. The first-order valence-electron chi connectivity index (χ1n) is 13.9. The van der Waals surface area contributed by atoms with E-state index in [4.69, 9.17) is 4.98 Å². The predicted octanol–water partition coefficient (Wildman–Crippen LogP) is 5.76. The van der Waals surface area contributed by atoms with Gasteiger partial charge in [-0.25, -0.2) is 4.98 Å². The van der Waals surface area contributed by atoms with Crippen LogP contribution in [0.15, 0.2) is 61.3 Å². The number of fused-ring (bicyclic) bond motifs is 2. The highest BCUT2D eigenvalue weighted by Gasteiger charge is 2.20. The third kappa shape index (κ3) is 4.99. The Labute approximate surface area is 228 Å². The van der Waals surface area contributed by atoms with Crippen LogP contribution in [0.3, 0.4) is 0 Å². The summed E-state index contributed by atoms with van der Waals surface area (Å²) in [6.45, 7) is 9.22. The van der Waals surface area contributed by atoms with Crippen LogP contribution in [0.1, 0.15) is 55.7 Å². The molecule has 1 fully saturated rings. The first kappa shape index (κ1) is 25.1. The third-order valence-corrected chi connectivity index (χ3v) is 7.86. The number of carbonyl (C=O) groups is 1. The molecule has 1 aliphatic rings. The van der Waals surface area contributed by atoms with Crippen LogP contribution in [0, 0.1) is 5.92 Å². The van der Waals surface area contributed by atoms with Crippen molar-refractivity contribution < 1.29 is 4.79 Å². The van der Waals surface area contributed by atoms with E-state index in [-0.39, 0.29) is 11.9 Å². The Hall–Kier alpha value is -4.20. The van der Waals surface area contributed by atoms with Gasteiger partial charge in [0.15, 0.2) is 0 Å². The molecule has 0 spiro atoms. The zero-order valence-corrected chi connectivity index (χ0v) is 22.8. The van der Waals surface area contributed by atoms with Gasteiger partial charge >= 0.3 is 0 Å². The molecular formula is C31H35N7O. The van der Waals surface area contributed by atoms with Gasteiger partial charge in [-0.15, -0.1) is 0 Å². The van der Waals surface area contributed by atoms with E-state index in [1.807, 2.05) is 16.9 Å². The van der Waals surface area contributed by atoms with Crippen molar-refractivity contribution in [3.8, 4) is 11.1 Å². The van der Waals surface area contributed by atoms with E-state index >= 15 is 0 Å². The van der Waals surface area contributed by atoms with Crippen LogP contribution < -0.4 is 10.2 Å². The maximum atomic E-state index is 13.4. The van der Waals surface area contributed by atoms with E-state index in [1.165, 1.54) is 23.9 Å². The van der Waals surface area contributed by atoms with E-state index in [2.05, 4.69) is 76.4 Å². The van der Waals surface area contributed by atoms with Crippen molar-refractivity contribution in [3.63, 3.8) is 0 Å². The fourth-order valence-electron chi connectivity index (χ4n) is 5.58. The van der Waals surface area contributed by atoms with E-state index in [9.17, 15) is 4.79 Å². The van der Waals surface area contributed by atoms with Gasteiger partial charge in [-0.2, -0.15) is 5.10 Å². The maximum Gasteiger partial charge on any atom is 0.252 e. The first-order valence-corrected chi connectivity index (χ1v) is 13.9. The summed E-state index contributed by atoms with van der Waals surface area (Å²) in [4.78, 5) is 27.8. The minimum absolute atomic E-state index is 0.106. The highest BCUT2D eigenvalue weighted by Crippen LogP contribution is 2.34. The second-order valence-corrected chi connectivity index (χ2v) is 11.0. The summed E-state index contributed by atoms with van der Waals surface area (Å²) in [6, 6.07) is 12.9. The SMILES string of the molecule is CC1CCN(c2ccnc3cc(-c4cc(C(=O)NCCc5cnc[nH]5)c5cnn(C(C)C)c5c4)ccc23)CC1. The molecule has 8 heteroatoms. The summed E-state index contributed by atoms with van der Waals surface area (Å²) in [5.41, 5.74) is 6.79. The van der Waals surface area contributed by atoms with Gasteiger partial charge in [0.2, 0.25) is 0 Å². The number of hydrogen-bond acceptors (Lipinski definition) is 5. The molecule has 0 bridgehead atoms. The molecule has 2 aromatic carbocycles. The van der Waals surface area contributed by atoms with Crippen molar-refractivity contribution in [3.05, 3.63) is 72.6 Å². The van der Waals surface area contributed by atoms with Crippen molar-refractivity contribution in [1.82, 2.24) is 30.0 Å². The lowest BCUT2D eigenvalue weighted by atomic mass is 9.96. The maximum absolute atomic E-state index is 13.4. The number of nitrogens with zero attached hydrogens (tertiary/aromatic N) is 5. The van der Waals surface area contributed by atoms with Crippen molar-refractivity contribution in [2.75, 3.05) is 24.5 Å². The van der Waals surface area contributed by atoms with Crippen molar-refractivity contribution in [2.45, 2.75) is 46.1 Å². The standard InChI is InChI=1S/C31H35N7O/c1-20(2)38-30-16-23(14-26(27(30)18-36-38)31(39)34-10-6-24-17-32-19-35-24)22-4-5-25-28(15-22)33-11-7-29(25)37-12-8-21(3)9-13-37/h4-5,7,11,14-21H,6,8-10,12-13H2,1-3H3,(H,32,35)(H,34,39). The molecule has 0 saturated carbocycles. The van der Waals surface area contributed by atoms with E-state index in [0.717, 1.165) is 52.2 Å². The molecule has 5 aromatic rings. The number of aromatic nitrogens is 5. The van der Waals surface area contributed by atoms with Crippen molar-refractivity contribution >= 4 is 33.4 Å². The van der Waals surface area contributed by atoms with Crippen molar-refractivity contribution in [2.24, 2.45) is 5.92 Å². The number of imidazole rings is 1. The van der Waals surface area contributed by atoms with Gasteiger partial charge in [0.1, 0.15) is 0 Å². The number of anilines is 1. The number of amides is 1. The Morgan fingerprint density at radius 1 is 1.08 bits per heavy atom. The van der Waals surface area contributed by atoms with Crippen LogP contribution in [0.2, 0.25) is 0 Å². The average Bonchev–Trinajstić information content (AvgIpc) is 3.62. The Morgan fingerprint density at radius 3 is 2.69 bits per heavy atom. The minimum Gasteiger partial charge on any atom is -0.371 e. The fraction of sp³-hybridized carbons (Fsp3) is 0.355. The molecular weight excluding hydrogens is 486 g/mol. The number of nitrogens with one attached hydrogen (secondary N) is 2.